The van der Waals surface area contributed by atoms with E-state index < -0.39 is 15.4 Å². The molecule has 1 aliphatic rings. The largest absolute Gasteiger partial charge is 0.390 e. The second-order valence-corrected chi connectivity index (χ2v) is 7.72. The second kappa shape index (κ2) is 4.42. The minimum atomic E-state index is -2.96. The van der Waals surface area contributed by atoms with E-state index in [0.29, 0.717) is 18.3 Å². The Bertz CT molecular complexity index is 298. The van der Waals surface area contributed by atoms with Crippen molar-refractivity contribution in [2.75, 3.05) is 12.0 Å². The van der Waals surface area contributed by atoms with Crippen molar-refractivity contribution in [2.45, 2.75) is 45.1 Å². The van der Waals surface area contributed by atoms with E-state index in [1.165, 1.54) is 6.26 Å². The highest BCUT2D eigenvalue weighted by molar-refractivity contribution is 7.90. The van der Waals surface area contributed by atoms with E-state index in [9.17, 15) is 13.5 Å². The Morgan fingerprint density at radius 2 is 1.73 bits per heavy atom. The van der Waals surface area contributed by atoms with Gasteiger partial charge in [0, 0.05) is 6.26 Å². The third-order valence-electron chi connectivity index (χ3n) is 3.20. The molecule has 3 nitrogen and oxygen atoms in total. The quantitative estimate of drug-likeness (QED) is 0.807. The predicted molar refractivity (Wildman–Crippen MR) is 61.5 cm³/mol. The van der Waals surface area contributed by atoms with E-state index in [1.54, 1.807) is 0 Å². The van der Waals surface area contributed by atoms with Crippen LogP contribution in [0.2, 0.25) is 0 Å². The summed E-state index contributed by atoms with van der Waals surface area (Å²) in [7, 11) is -2.96. The first-order valence-electron chi connectivity index (χ1n) is 5.60. The van der Waals surface area contributed by atoms with Crippen LogP contribution in [0, 0.1) is 11.8 Å². The fourth-order valence-corrected chi connectivity index (χ4v) is 3.56. The third kappa shape index (κ3) is 4.51. The van der Waals surface area contributed by atoms with Crippen LogP contribution >= 0.6 is 0 Å². The number of hydrogen-bond donors (Lipinski definition) is 1. The van der Waals surface area contributed by atoms with Crippen molar-refractivity contribution < 1.29 is 13.5 Å². The molecule has 0 spiro atoms. The summed E-state index contributed by atoms with van der Waals surface area (Å²) < 4.78 is 22.1. The zero-order valence-electron chi connectivity index (χ0n) is 9.86. The van der Waals surface area contributed by atoms with Gasteiger partial charge in [0.25, 0.3) is 0 Å². The molecule has 1 saturated carbocycles. The molecule has 2 atom stereocenters. The lowest BCUT2D eigenvalue weighted by molar-refractivity contribution is -0.0331. The van der Waals surface area contributed by atoms with E-state index in [4.69, 9.17) is 0 Å². The lowest BCUT2D eigenvalue weighted by Gasteiger charge is -2.39. The van der Waals surface area contributed by atoms with Crippen molar-refractivity contribution in [3.8, 4) is 0 Å². The van der Waals surface area contributed by atoms with E-state index >= 15 is 0 Å². The predicted octanol–water partition coefficient (Wildman–Crippen LogP) is 1.61. The highest BCUT2D eigenvalue weighted by Crippen LogP contribution is 2.37. The minimum absolute atomic E-state index is 0.100. The Balaban J connectivity index is 2.58. The molecule has 0 saturated heterocycles. The molecule has 0 aliphatic heterocycles. The van der Waals surface area contributed by atoms with Crippen molar-refractivity contribution in [3.63, 3.8) is 0 Å². The first-order valence-corrected chi connectivity index (χ1v) is 7.66. The minimum Gasteiger partial charge on any atom is -0.390 e. The lowest BCUT2D eigenvalue weighted by atomic mass is 9.73. The molecule has 0 aromatic heterocycles. The molecule has 0 aromatic carbocycles. The molecule has 0 aromatic rings. The fraction of sp³-hybridized carbons (Fsp3) is 1.00. The number of rotatable bonds is 3. The standard InChI is InChI=1S/C11H22O3S/c1-9-6-10(2)8-11(12,7-9)4-5-15(3,13)14/h9-10,12H,4-8H2,1-3H3. The SMILES string of the molecule is CC1CC(C)CC(O)(CCS(C)(=O)=O)C1. The van der Waals surface area contributed by atoms with Crippen LogP contribution in [0.3, 0.4) is 0 Å². The van der Waals surface area contributed by atoms with Gasteiger partial charge in [0.05, 0.1) is 11.4 Å². The Hall–Kier alpha value is -0.0900. The Morgan fingerprint density at radius 1 is 1.27 bits per heavy atom. The smallest absolute Gasteiger partial charge is 0.147 e. The molecule has 1 rings (SSSR count). The van der Waals surface area contributed by atoms with Crippen LogP contribution < -0.4 is 0 Å². The number of hydrogen-bond acceptors (Lipinski definition) is 3. The zero-order chi connectivity index (χ0) is 11.7. The molecule has 0 amide bonds. The molecule has 15 heavy (non-hydrogen) atoms. The molecule has 1 fully saturated rings. The normalized spacial score (nSPS) is 37.9. The summed E-state index contributed by atoms with van der Waals surface area (Å²) in [6.45, 7) is 4.25. The lowest BCUT2D eigenvalue weighted by Crippen LogP contribution is -2.39. The summed E-state index contributed by atoms with van der Waals surface area (Å²) in [5.41, 5.74) is -0.750. The van der Waals surface area contributed by atoms with Gasteiger partial charge in [0.2, 0.25) is 0 Å². The second-order valence-electron chi connectivity index (χ2n) is 5.46. The van der Waals surface area contributed by atoms with Crippen molar-refractivity contribution >= 4 is 9.84 Å². The summed E-state index contributed by atoms with van der Waals surface area (Å²) in [6.07, 6.45) is 4.24. The van der Waals surface area contributed by atoms with Gasteiger partial charge in [-0.25, -0.2) is 8.42 Å². The highest BCUT2D eigenvalue weighted by Gasteiger charge is 2.36. The molecule has 0 bridgehead atoms. The maximum Gasteiger partial charge on any atom is 0.147 e. The van der Waals surface area contributed by atoms with Crippen LogP contribution in [-0.4, -0.2) is 31.1 Å². The molecular formula is C11H22O3S. The summed E-state index contributed by atoms with van der Waals surface area (Å²) in [5.74, 6) is 1.10. The molecule has 0 heterocycles. The van der Waals surface area contributed by atoms with E-state index in [0.717, 1.165) is 19.3 Å². The molecule has 2 unspecified atom stereocenters. The number of aliphatic hydroxyl groups is 1. The maximum atomic E-state index is 11.1. The summed E-state index contributed by atoms with van der Waals surface area (Å²) >= 11 is 0. The van der Waals surface area contributed by atoms with Gasteiger partial charge in [0.15, 0.2) is 0 Å². The van der Waals surface area contributed by atoms with Gasteiger partial charge in [-0.3, -0.25) is 0 Å². The molecule has 1 aliphatic carbocycles. The summed E-state index contributed by atoms with van der Waals surface area (Å²) in [4.78, 5) is 0. The molecule has 0 radical (unpaired) electrons. The van der Waals surface area contributed by atoms with Gasteiger partial charge in [0.1, 0.15) is 9.84 Å². The van der Waals surface area contributed by atoms with Gasteiger partial charge in [-0.05, 0) is 37.5 Å². The van der Waals surface area contributed by atoms with Crippen LogP contribution in [0.25, 0.3) is 0 Å². The van der Waals surface area contributed by atoms with Crippen LogP contribution in [-0.2, 0) is 9.84 Å². The average molecular weight is 234 g/mol. The van der Waals surface area contributed by atoms with Crippen molar-refractivity contribution in [3.05, 3.63) is 0 Å². The third-order valence-corrected chi connectivity index (χ3v) is 4.15. The topological polar surface area (TPSA) is 54.4 Å². The molecular weight excluding hydrogens is 212 g/mol. The van der Waals surface area contributed by atoms with Crippen LogP contribution in [0.5, 0.6) is 0 Å². The Labute approximate surface area is 92.8 Å². The van der Waals surface area contributed by atoms with Crippen molar-refractivity contribution in [2.24, 2.45) is 11.8 Å². The Kier molecular flexibility index (Phi) is 3.82. The van der Waals surface area contributed by atoms with Crippen molar-refractivity contribution in [1.82, 2.24) is 0 Å². The zero-order valence-corrected chi connectivity index (χ0v) is 10.7. The van der Waals surface area contributed by atoms with Gasteiger partial charge >= 0.3 is 0 Å². The monoisotopic (exact) mass is 234 g/mol. The van der Waals surface area contributed by atoms with Gasteiger partial charge < -0.3 is 5.11 Å². The van der Waals surface area contributed by atoms with Gasteiger partial charge in [-0.2, -0.15) is 0 Å². The average Bonchev–Trinajstić information content (AvgIpc) is 1.97. The highest BCUT2D eigenvalue weighted by atomic mass is 32.2. The van der Waals surface area contributed by atoms with Gasteiger partial charge in [-0.15, -0.1) is 0 Å². The first kappa shape index (κ1) is 13.0. The summed E-state index contributed by atoms with van der Waals surface area (Å²) in [5, 5.41) is 10.3. The number of sulfone groups is 1. The van der Waals surface area contributed by atoms with Crippen LogP contribution in [0.1, 0.15) is 39.5 Å². The summed E-state index contributed by atoms with van der Waals surface area (Å²) in [6, 6.07) is 0. The fourth-order valence-electron chi connectivity index (χ4n) is 2.81. The molecule has 1 N–H and O–H groups in total. The van der Waals surface area contributed by atoms with E-state index in [1.807, 2.05) is 0 Å². The maximum absolute atomic E-state index is 11.1. The van der Waals surface area contributed by atoms with E-state index in [2.05, 4.69) is 13.8 Å². The van der Waals surface area contributed by atoms with Crippen LogP contribution in [0.15, 0.2) is 0 Å². The van der Waals surface area contributed by atoms with Gasteiger partial charge in [-0.1, -0.05) is 13.8 Å². The molecule has 90 valence electrons. The first-order chi connectivity index (χ1) is 6.70. The van der Waals surface area contributed by atoms with E-state index in [-0.39, 0.29) is 5.75 Å². The molecule has 4 heteroatoms. The Morgan fingerprint density at radius 3 is 2.13 bits per heavy atom. The van der Waals surface area contributed by atoms with Crippen LogP contribution in [0.4, 0.5) is 0 Å². The van der Waals surface area contributed by atoms with Crippen molar-refractivity contribution in [1.29, 1.82) is 0 Å².